The highest BCUT2D eigenvalue weighted by molar-refractivity contribution is 5.76. The third kappa shape index (κ3) is 2.45. The second-order valence-electron chi connectivity index (χ2n) is 9.02. The first-order chi connectivity index (χ1) is 13.3. The molecule has 0 unspecified atom stereocenters. The van der Waals surface area contributed by atoms with Crippen LogP contribution in [0.15, 0.2) is 42.5 Å². The number of hydrogen-bond donors (Lipinski definition) is 1. The van der Waals surface area contributed by atoms with Gasteiger partial charge in [-0.15, -0.1) is 0 Å². The zero-order valence-corrected chi connectivity index (χ0v) is 15.8. The fourth-order valence-corrected chi connectivity index (χ4v) is 6.73. The van der Waals surface area contributed by atoms with Crippen molar-refractivity contribution in [2.45, 2.75) is 37.9 Å². The molecule has 2 aromatic rings. The Kier molecular flexibility index (Phi) is 3.72. The van der Waals surface area contributed by atoms with Gasteiger partial charge in [0.05, 0.1) is 6.61 Å². The van der Waals surface area contributed by atoms with Crippen LogP contribution in [-0.2, 0) is 13.0 Å². The maximum absolute atomic E-state index is 9.39. The molecule has 0 aromatic heterocycles. The lowest BCUT2D eigenvalue weighted by Crippen LogP contribution is -2.37. The normalized spacial score (nSPS) is 31.3. The molecule has 2 aromatic carbocycles. The summed E-state index contributed by atoms with van der Waals surface area (Å²) in [7, 11) is 0. The van der Waals surface area contributed by atoms with E-state index in [1.807, 2.05) is 0 Å². The molecule has 4 aliphatic rings. The van der Waals surface area contributed by atoms with Gasteiger partial charge in [-0.1, -0.05) is 42.5 Å². The molecular weight excluding hydrogens is 332 g/mol. The zero-order chi connectivity index (χ0) is 18.0. The van der Waals surface area contributed by atoms with E-state index in [0.717, 1.165) is 43.4 Å². The Balaban J connectivity index is 1.17. The van der Waals surface area contributed by atoms with Crippen LogP contribution in [0.4, 0.5) is 0 Å². The van der Waals surface area contributed by atoms with E-state index >= 15 is 0 Å². The lowest BCUT2D eigenvalue weighted by atomic mass is 9.82. The van der Waals surface area contributed by atoms with Gasteiger partial charge in [-0.05, 0) is 58.9 Å². The number of hydrogen-bond acceptors (Lipinski definition) is 3. The molecule has 27 heavy (non-hydrogen) atoms. The van der Waals surface area contributed by atoms with Crippen molar-refractivity contribution in [3.63, 3.8) is 0 Å². The molecule has 0 amide bonds. The van der Waals surface area contributed by atoms with Gasteiger partial charge in [0.2, 0.25) is 0 Å². The molecule has 4 atom stereocenters. The van der Waals surface area contributed by atoms with Crippen molar-refractivity contribution in [2.75, 3.05) is 26.2 Å². The van der Waals surface area contributed by atoms with Gasteiger partial charge in [0.15, 0.2) is 0 Å². The smallest absolute Gasteiger partial charge is 0.0558 e. The minimum Gasteiger partial charge on any atom is -0.395 e. The number of aliphatic hydroxyl groups excluding tert-OH is 1. The second kappa shape index (κ2) is 6.16. The van der Waals surface area contributed by atoms with Crippen molar-refractivity contribution in [3.05, 3.63) is 59.2 Å². The van der Waals surface area contributed by atoms with Gasteiger partial charge in [0, 0.05) is 38.3 Å². The van der Waals surface area contributed by atoms with E-state index in [1.54, 1.807) is 0 Å². The van der Waals surface area contributed by atoms with Gasteiger partial charge in [-0.2, -0.15) is 0 Å². The fraction of sp³-hybridized carbons (Fsp3) is 0.500. The van der Waals surface area contributed by atoms with Crippen molar-refractivity contribution < 1.29 is 5.11 Å². The van der Waals surface area contributed by atoms with E-state index < -0.39 is 0 Å². The van der Waals surface area contributed by atoms with Gasteiger partial charge >= 0.3 is 0 Å². The van der Waals surface area contributed by atoms with Crippen LogP contribution in [0.1, 0.15) is 29.5 Å². The fourth-order valence-electron chi connectivity index (χ4n) is 6.73. The lowest BCUT2D eigenvalue weighted by Gasteiger charge is -2.26. The Morgan fingerprint density at radius 3 is 2.41 bits per heavy atom. The maximum Gasteiger partial charge on any atom is 0.0558 e. The minimum atomic E-state index is 0.313. The molecule has 3 fully saturated rings. The van der Waals surface area contributed by atoms with E-state index in [4.69, 9.17) is 0 Å². The molecule has 1 aliphatic carbocycles. The zero-order valence-electron chi connectivity index (χ0n) is 15.8. The lowest BCUT2D eigenvalue weighted by molar-refractivity contribution is 0.154. The van der Waals surface area contributed by atoms with Crippen LogP contribution in [0.3, 0.4) is 0 Å². The van der Waals surface area contributed by atoms with Gasteiger partial charge in [-0.3, -0.25) is 9.80 Å². The van der Waals surface area contributed by atoms with Crippen molar-refractivity contribution in [1.82, 2.24) is 9.80 Å². The summed E-state index contributed by atoms with van der Waals surface area (Å²) in [4.78, 5) is 5.32. The van der Waals surface area contributed by atoms with Gasteiger partial charge < -0.3 is 5.11 Å². The predicted molar refractivity (Wildman–Crippen MR) is 108 cm³/mol. The summed E-state index contributed by atoms with van der Waals surface area (Å²) in [6.45, 7) is 4.77. The summed E-state index contributed by atoms with van der Waals surface area (Å²) < 4.78 is 0. The van der Waals surface area contributed by atoms with Gasteiger partial charge in [0.25, 0.3) is 0 Å². The molecule has 3 aliphatic heterocycles. The summed E-state index contributed by atoms with van der Waals surface area (Å²) in [5, 5.41) is 9.39. The summed E-state index contributed by atoms with van der Waals surface area (Å²) in [5.41, 5.74) is 7.31. The number of nitrogens with zero attached hydrogens (tertiary/aromatic N) is 2. The monoisotopic (exact) mass is 360 g/mol. The summed E-state index contributed by atoms with van der Waals surface area (Å²) >= 11 is 0. The van der Waals surface area contributed by atoms with Crippen molar-refractivity contribution in [1.29, 1.82) is 0 Å². The molecule has 0 spiro atoms. The molecule has 0 radical (unpaired) electrons. The SMILES string of the molecule is OCCN1[C@@H]2CC[C@H]1[C@H]1CN(Cc3ccc4c(c3)Cc3ccccc3-4)C[C@H]12. The number of aliphatic hydroxyl groups is 1. The van der Waals surface area contributed by atoms with E-state index in [2.05, 4.69) is 52.3 Å². The Bertz CT molecular complexity index is 858. The minimum absolute atomic E-state index is 0.313. The maximum atomic E-state index is 9.39. The molecule has 1 N–H and O–H groups in total. The summed E-state index contributed by atoms with van der Waals surface area (Å²) in [6.07, 6.45) is 3.78. The second-order valence-corrected chi connectivity index (χ2v) is 9.02. The first kappa shape index (κ1) is 16.3. The van der Waals surface area contributed by atoms with Gasteiger partial charge in [-0.25, -0.2) is 0 Å². The van der Waals surface area contributed by atoms with E-state index in [1.165, 1.54) is 53.7 Å². The largest absolute Gasteiger partial charge is 0.395 e. The highest BCUT2D eigenvalue weighted by Gasteiger charge is 2.55. The molecule has 3 nitrogen and oxygen atoms in total. The van der Waals surface area contributed by atoms with Crippen LogP contribution >= 0.6 is 0 Å². The molecule has 6 rings (SSSR count). The number of likely N-dealkylation sites (tertiary alicyclic amines) is 1. The topological polar surface area (TPSA) is 26.7 Å². The number of rotatable bonds is 4. The van der Waals surface area contributed by atoms with Crippen LogP contribution in [-0.4, -0.2) is 53.2 Å². The number of fused-ring (bicyclic) bond motifs is 8. The number of benzene rings is 2. The molecule has 3 saturated heterocycles. The van der Waals surface area contributed by atoms with Crippen molar-refractivity contribution >= 4 is 0 Å². The molecule has 3 heterocycles. The van der Waals surface area contributed by atoms with E-state index in [0.29, 0.717) is 6.61 Å². The Labute approximate surface area is 161 Å². The molecule has 140 valence electrons. The molecular formula is C24H28N2O. The third-order valence-corrected chi connectivity index (χ3v) is 7.71. The van der Waals surface area contributed by atoms with Crippen molar-refractivity contribution in [3.8, 4) is 11.1 Å². The van der Waals surface area contributed by atoms with Crippen molar-refractivity contribution in [2.24, 2.45) is 11.8 Å². The Morgan fingerprint density at radius 2 is 1.63 bits per heavy atom. The van der Waals surface area contributed by atoms with Crippen LogP contribution in [0.25, 0.3) is 11.1 Å². The van der Waals surface area contributed by atoms with E-state index in [-0.39, 0.29) is 0 Å². The average molecular weight is 361 g/mol. The highest BCUT2D eigenvalue weighted by Crippen LogP contribution is 2.49. The first-order valence-electron chi connectivity index (χ1n) is 10.6. The van der Waals surface area contributed by atoms with Crippen LogP contribution in [0, 0.1) is 11.8 Å². The summed E-state index contributed by atoms with van der Waals surface area (Å²) in [5.74, 6) is 1.66. The quantitative estimate of drug-likeness (QED) is 0.774. The molecule has 2 bridgehead atoms. The van der Waals surface area contributed by atoms with Crippen LogP contribution < -0.4 is 0 Å². The molecule has 0 saturated carbocycles. The van der Waals surface area contributed by atoms with Gasteiger partial charge in [0.1, 0.15) is 0 Å². The average Bonchev–Trinajstić information content (AvgIpc) is 3.41. The highest BCUT2D eigenvalue weighted by atomic mass is 16.3. The first-order valence-corrected chi connectivity index (χ1v) is 10.6. The Hall–Kier alpha value is -1.68. The standard InChI is InChI=1S/C24H28N2O/c27-10-9-26-23-7-8-24(26)22-15-25(14-21(22)23)13-16-5-6-20-18(11-16)12-17-3-1-2-4-19(17)20/h1-6,11,21-24,27H,7-10,12-15H2/t21-,22+,23-,24+. The van der Waals surface area contributed by atoms with E-state index in [9.17, 15) is 5.11 Å². The molecule has 3 heteroatoms. The Morgan fingerprint density at radius 1 is 0.889 bits per heavy atom. The predicted octanol–water partition coefficient (Wildman–Crippen LogP) is 3.14. The van der Waals surface area contributed by atoms with Crippen LogP contribution in [0.5, 0.6) is 0 Å². The summed E-state index contributed by atoms with van der Waals surface area (Å²) in [6, 6.07) is 17.4. The van der Waals surface area contributed by atoms with Crippen LogP contribution in [0.2, 0.25) is 0 Å². The third-order valence-electron chi connectivity index (χ3n) is 7.71.